The molecule has 0 aromatic carbocycles. The minimum atomic E-state index is 0.283. The van der Waals surface area contributed by atoms with Crippen molar-refractivity contribution in [3.05, 3.63) is 0 Å². The molecule has 1 fully saturated rings. The van der Waals surface area contributed by atoms with Crippen molar-refractivity contribution in [2.75, 3.05) is 6.54 Å². The molecule has 1 nitrogen and oxygen atoms in total. The van der Waals surface area contributed by atoms with Crippen LogP contribution in [0.25, 0.3) is 0 Å². The van der Waals surface area contributed by atoms with Crippen molar-refractivity contribution in [3.63, 3.8) is 0 Å². The van der Waals surface area contributed by atoms with Crippen molar-refractivity contribution in [3.8, 4) is 0 Å². The van der Waals surface area contributed by atoms with Crippen molar-refractivity contribution < 1.29 is 0 Å². The molecule has 1 rings (SSSR count). The van der Waals surface area contributed by atoms with Gasteiger partial charge < -0.3 is 5.32 Å². The average molecular weight is 211 g/mol. The fourth-order valence-electron chi connectivity index (χ4n) is 2.57. The summed E-state index contributed by atoms with van der Waals surface area (Å²) in [5, 5.41) is 3.65. The molecule has 0 bridgehead atoms. The van der Waals surface area contributed by atoms with E-state index in [1.54, 1.807) is 0 Å². The van der Waals surface area contributed by atoms with Crippen LogP contribution in [-0.4, -0.2) is 12.1 Å². The Bertz CT molecular complexity index is 178. The van der Waals surface area contributed by atoms with Gasteiger partial charge >= 0.3 is 0 Å². The van der Waals surface area contributed by atoms with E-state index in [2.05, 4.69) is 39.9 Å². The number of hydrogen-bond donors (Lipinski definition) is 1. The summed E-state index contributed by atoms with van der Waals surface area (Å²) < 4.78 is 0. The highest BCUT2D eigenvalue weighted by Gasteiger charge is 2.24. The smallest absolute Gasteiger partial charge is 0.00966 e. The van der Waals surface area contributed by atoms with Crippen molar-refractivity contribution in [1.82, 2.24) is 5.32 Å². The highest BCUT2D eigenvalue weighted by molar-refractivity contribution is 4.79. The van der Waals surface area contributed by atoms with Gasteiger partial charge in [0.05, 0.1) is 0 Å². The maximum absolute atomic E-state index is 3.65. The molecule has 0 saturated heterocycles. The van der Waals surface area contributed by atoms with E-state index in [0.717, 1.165) is 17.8 Å². The van der Waals surface area contributed by atoms with Crippen molar-refractivity contribution >= 4 is 0 Å². The monoisotopic (exact) mass is 211 g/mol. The van der Waals surface area contributed by atoms with Crippen LogP contribution in [0.3, 0.4) is 0 Å². The summed E-state index contributed by atoms with van der Waals surface area (Å²) in [6.45, 7) is 12.8. The molecule has 2 unspecified atom stereocenters. The quantitative estimate of drug-likeness (QED) is 0.748. The maximum atomic E-state index is 3.65. The maximum Gasteiger partial charge on any atom is 0.00966 e. The third-order valence-corrected chi connectivity index (χ3v) is 3.69. The third kappa shape index (κ3) is 5.01. The zero-order chi connectivity index (χ0) is 11.5. The van der Waals surface area contributed by atoms with E-state index >= 15 is 0 Å². The molecule has 0 aromatic heterocycles. The Labute approximate surface area is 96.0 Å². The first kappa shape index (κ1) is 13.0. The first-order chi connectivity index (χ1) is 6.88. The zero-order valence-corrected chi connectivity index (χ0v) is 11.3. The Morgan fingerprint density at radius 2 is 1.87 bits per heavy atom. The van der Waals surface area contributed by atoms with Crippen LogP contribution in [0.1, 0.15) is 60.3 Å². The van der Waals surface area contributed by atoms with Crippen LogP contribution in [-0.2, 0) is 0 Å². The highest BCUT2D eigenvalue weighted by atomic mass is 14.9. The summed E-state index contributed by atoms with van der Waals surface area (Å²) in [6, 6.07) is 0. The normalized spacial score (nSPS) is 28.4. The summed E-state index contributed by atoms with van der Waals surface area (Å²) in [5.41, 5.74) is 0.283. The fourth-order valence-corrected chi connectivity index (χ4v) is 2.57. The van der Waals surface area contributed by atoms with Gasteiger partial charge in [-0.2, -0.15) is 0 Å². The lowest BCUT2D eigenvalue weighted by molar-refractivity contribution is 0.202. The van der Waals surface area contributed by atoms with E-state index in [1.165, 1.54) is 32.2 Å². The summed E-state index contributed by atoms with van der Waals surface area (Å²) >= 11 is 0. The van der Waals surface area contributed by atoms with Crippen LogP contribution < -0.4 is 5.32 Å². The SMILES string of the molecule is CC(C)C1CCCC(CNC(C)(C)C)C1. The molecule has 1 N–H and O–H groups in total. The molecule has 0 aliphatic heterocycles. The second-order valence-corrected chi connectivity index (χ2v) is 6.67. The van der Waals surface area contributed by atoms with Gasteiger partial charge in [-0.15, -0.1) is 0 Å². The first-order valence-corrected chi connectivity index (χ1v) is 6.63. The molecule has 1 saturated carbocycles. The van der Waals surface area contributed by atoms with Gasteiger partial charge in [-0.1, -0.05) is 26.7 Å². The molecule has 2 atom stereocenters. The molecule has 0 aromatic rings. The molecular formula is C14H29N. The Morgan fingerprint density at radius 1 is 1.20 bits per heavy atom. The molecular weight excluding hydrogens is 182 g/mol. The zero-order valence-electron chi connectivity index (χ0n) is 11.3. The second kappa shape index (κ2) is 5.34. The lowest BCUT2D eigenvalue weighted by atomic mass is 9.76. The number of nitrogens with one attached hydrogen (secondary N) is 1. The van der Waals surface area contributed by atoms with Crippen LogP contribution in [0, 0.1) is 17.8 Å². The van der Waals surface area contributed by atoms with Gasteiger partial charge in [-0.3, -0.25) is 0 Å². The Morgan fingerprint density at radius 3 is 2.40 bits per heavy atom. The van der Waals surface area contributed by atoms with E-state index < -0.39 is 0 Å². The van der Waals surface area contributed by atoms with Gasteiger partial charge in [0, 0.05) is 5.54 Å². The van der Waals surface area contributed by atoms with E-state index in [9.17, 15) is 0 Å². The molecule has 1 heteroatoms. The van der Waals surface area contributed by atoms with Crippen molar-refractivity contribution in [1.29, 1.82) is 0 Å². The molecule has 1 aliphatic rings. The first-order valence-electron chi connectivity index (χ1n) is 6.63. The van der Waals surface area contributed by atoms with Crippen LogP contribution in [0.2, 0.25) is 0 Å². The van der Waals surface area contributed by atoms with Crippen LogP contribution in [0.5, 0.6) is 0 Å². The minimum absolute atomic E-state index is 0.283. The largest absolute Gasteiger partial charge is 0.312 e. The molecule has 90 valence electrons. The third-order valence-electron chi connectivity index (χ3n) is 3.69. The predicted octanol–water partition coefficient (Wildman–Crippen LogP) is 3.84. The molecule has 1 aliphatic carbocycles. The minimum Gasteiger partial charge on any atom is -0.312 e. The lowest BCUT2D eigenvalue weighted by Crippen LogP contribution is -2.40. The molecule has 15 heavy (non-hydrogen) atoms. The van der Waals surface area contributed by atoms with Gasteiger partial charge in [0.15, 0.2) is 0 Å². The van der Waals surface area contributed by atoms with Crippen LogP contribution >= 0.6 is 0 Å². The van der Waals surface area contributed by atoms with Crippen molar-refractivity contribution in [2.24, 2.45) is 17.8 Å². The lowest BCUT2D eigenvalue weighted by Gasteiger charge is -2.33. The average Bonchev–Trinajstić information content (AvgIpc) is 2.14. The van der Waals surface area contributed by atoms with Gasteiger partial charge in [0.2, 0.25) is 0 Å². The number of rotatable bonds is 3. The highest BCUT2D eigenvalue weighted by Crippen LogP contribution is 2.33. The van der Waals surface area contributed by atoms with Crippen LogP contribution in [0.4, 0.5) is 0 Å². The Kier molecular flexibility index (Phi) is 4.64. The summed E-state index contributed by atoms with van der Waals surface area (Å²) in [5.74, 6) is 2.78. The number of hydrogen-bond acceptors (Lipinski definition) is 1. The van der Waals surface area contributed by atoms with Crippen LogP contribution in [0.15, 0.2) is 0 Å². The fraction of sp³-hybridized carbons (Fsp3) is 1.00. The predicted molar refractivity (Wildman–Crippen MR) is 68.0 cm³/mol. The van der Waals surface area contributed by atoms with E-state index in [0.29, 0.717) is 0 Å². The summed E-state index contributed by atoms with van der Waals surface area (Å²) in [7, 11) is 0. The molecule has 0 spiro atoms. The standard InChI is InChI=1S/C14H29N/c1-11(2)13-8-6-7-12(9-13)10-15-14(3,4)5/h11-13,15H,6-10H2,1-5H3. The topological polar surface area (TPSA) is 12.0 Å². The molecule has 0 heterocycles. The molecule has 0 amide bonds. The molecule has 0 radical (unpaired) electrons. The summed E-state index contributed by atoms with van der Waals surface area (Å²) in [6.07, 6.45) is 5.79. The van der Waals surface area contributed by atoms with Gasteiger partial charge in [-0.05, 0) is 57.9 Å². The van der Waals surface area contributed by atoms with Gasteiger partial charge in [0.1, 0.15) is 0 Å². The van der Waals surface area contributed by atoms with E-state index in [4.69, 9.17) is 0 Å². The van der Waals surface area contributed by atoms with E-state index in [-0.39, 0.29) is 5.54 Å². The Hall–Kier alpha value is -0.0400. The van der Waals surface area contributed by atoms with E-state index in [1.807, 2.05) is 0 Å². The van der Waals surface area contributed by atoms with Crippen molar-refractivity contribution in [2.45, 2.75) is 65.8 Å². The van der Waals surface area contributed by atoms with Gasteiger partial charge in [-0.25, -0.2) is 0 Å². The second-order valence-electron chi connectivity index (χ2n) is 6.67. The Balaban J connectivity index is 2.30. The van der Waals surface area contributed by atoms with Gasteiger partial charge in [0.25, 0.3) is 0 Å². The summed E-state index contributed by atoms with van der Waals surface area (Å²) in [4.78, 5) is 0.